The number of imidazole rings is 1. The lowest BCUT2D eigenvalue weighted by Gasteiger charge is -2.09. The first-order chi connectivity index (χ1) is 12.5. The number of H-pyrrole nitrogens is 1. The van der Waals surface area contributed by atoms with E-state index in [1.807, 2.05) is 0 Å². The van der Waals surface area contributed by atoms with Crippen molar-refractivity contribution in [1.82, 2.24) is 15.0 Å². The average Bonchev–Trinajstić information content (AvgIpc) is 3.01. The van der Waals surface area contributed by atoms with Gasteiger partial charge in [0.25, 0.3) is 0 Å². The second-order valence-corrected chi connectivity index (χ2v) is 5.85. The Bertz CT molecular complexity index is 948. The molecule has 3 rings (SSSR count). The number of ether oxygens (including phenoxy) is 3. The molecule has 3 aromatic rings. The Morgan fingerprint density at radius 1 is 1.23 bits per heavy atom. The topological polar surface area (TPSA) is 86.3 Å². The van der Waals surface area contributed by atoms with Crippen LogP contribution >= 0.6 is 11.8 Å². The summed E-state index contributed by atoms with van der Waals surface area (Å²) in [6.45, 7) is -2.92. The Balaban J connectivity index is 1.86. The van der Waals surface area contributed by atoms with Gasteiger partial charge < -0.3 is 19.2 Å². The Morgan fingerprint density at radius 3 is 2.73 bits per heavy atom. The molecule has 2 heterocycles. The third-order valence-electron chi connectivity index (χ3n) is 3.33. The van der Waals surface area contributed by atoms with Crippen molar-refractivity contribution in [1.29, 1.82) is 0 Å². The number of alkyl halides is 2. The van der Waals surface area contributed by atoms with Crippen LogP contribution in [0.3, 0.4) is 0 Å². The number of hydrogen-bond donors (Lipinski definition) is 1. The molecule has 7 nitrogen and oxygen atoms in total. The first kappa shape index (κ1) is 17.9. The van der Waals surface area contributed by atoms with E-state index in [2.05, 4.69) is 19.7 Å². The largest absolute Gasteiger partial charge is 0.493 e. The van der Waals surface area contributed by atoms with Crippen LogP contribution in [0.4, 0.5) is 8.78 Å². The third-order valence-corrected chi connectivity index (χ3v) is 4.10. The van der Waals surface area contributed by atoms with Crippen molar-refractivity contribution in [2.75, 3.05) is 14.2 Å². The van der Waals surface area contributed by atoms with Gasteiger partial charge in [-0.3, -0.25) is 4.79 Å². The summed E-state index contributed by atoms with van der Waals surface area (Å²) in [5.41, 5.74) is 1.05. The van der Waals surface area contributed by atoms with E-state index < -0.39 is 11.7 Å². The van der Waals surface area contributed by atoms with Gasteiger partial charge in [-0.2, -0.15) is 8.78 Å². The molecule has 0 aliphatic rings. The van der Waals surface area contributed by atoms with Gasteiger partial charge in [-0.25, -0.2) is 9.97 Å². The number of methoxy groups -OCH3 is 2. The van der Waals surface area contributed by atoms with E-state index in [0.29, 0.717) is 16.8 Å². The van der Waals surface area contributed by atoms with Crippen molar-refractivity contribution >= 4 is 27.9 Å². The molecule has 26 heavy (non-hydrogen) atoms. The van der Waals surface area contributed by atoms with Crippen molar-refractivity contribution in [2.45, 2.75) is 11.8 Å². The van der Waals surface area contributed by atoms with Gasteiger partial charge >= 0.3 is 6.61 Å². The van der Waals surface area contributed by atoms with Crippen LogP contribution in [0, 0.1) is 0 Å². The zero-order valence-corrected chi connectivity index (χ0v) is 14.5. The highest BCUT2D eigenvalue weighted by Crippen LogP contribution is 2.33. The normalized spacial score (nSPS) is 11.0. The van der Waals surface area contributed by atoms with E-state index in [1.54, 1.807) is 6.07 Å². The third kappa shape index (κ3) is 3.69. The molecule has 0 amide bonds. The number of nitrogens with one attached hydrogen (secondary N) is 1. The molecular formula is C16H13F2N3O4S. The molecule has 0 unspecified atom stereocenters. The van der Waals surface area contributed by atoms with Crippen molar-refractivity contribution in [3.8, 4) is 17.2 Å². The van der Waals surface area contributed by atoms with Crippen LogP contribution in [0.5, 0.6) is 17.2 Å². The van der Waals surface area contributed by atoms with Crippen molar-refractivity contribution in [3.05, 3.63) is 36.2 Å². The maximum atomic E-state index is 12.5. The maximum absolute atomic E-state index is 12.5. The molecule has 0 aliphatic carbocycles. The van der Waals surface area contributed by atoms with E-state index in [9.17, 15) is 13.6 Å². The highest BCUT2D eigenvalue weighted by atomic mass is 32.2. The minimum absolute atomic E-state index is 0.00448. The number of aromatic amines is 1. The lowest BCUT2D eigenvalue weighted by Crippen LogP contribution is -2.03. The number of nitrogens with zero attached hydrogens (tertiary/aromatic N) is 2. The fourth-order valence-electron chi connectivity index (χ4n) is 2.26. The Morgan fingerprint density at radius 2 is 2.04 bits per heavy atom. The lowest BCUT2D eigenvalue weighted by atomic mass is 10.3. The molecule has 0 bridgehead atoms. The van der Waals surface area contributed by atoms with Crippen LogP contribution < -0.4 is 14.2 Å². The first-order valence-corrected chi connectivity index (χ1v) is 8.07. The fourth-order valence-corrected chi connectivity index (χ4v) is 2.98. The molecular weight excluding hydrogens is 368 g/mol. The molecule has 0 spiro atoms. The molecule has 1 aromatic carbocycles. The van der Waals surface area contributed by atoms with Crippen molar-refractivity contribution in [2.24, 2.45) is 0 Å². The SMILES string of the molecule is COc1ccnc(C(=O)Sc2nc3ccc(OC(F)F)cc3[nH]2)c1OC. The van der Waals surface area contributed by atoms with Gasteiger partial charge in [-0.15, -0.1) is 0 Å². The summed E-state index contributed by atoms with van der Waals surface area (Å²) in [4.78, 5) is 23.7. The van der Waals surface area contributed by atoms with Crippen LogP contribution in [0.2, 0.25) is 0 Å². The van der Waals surface area contributed by atoms with Crippen LogP contribution in [0.15, 0.2) is 35.6 Å². The predicted octanol–water partition coefficient (Wildman–Crippen LogP) is 3.51. The number of thioether (sulfide) groups is 1. The van der Waals surface area contributed by atoms with Gasteiger partial charge in [-0.1, -0.05) is 0 Å². The highest BCUT2D eigenvalue weighted by molar-refractivity contribution is 8.14. The second kappa shape index (κ2) is 7.56. The van der Waals surface area contributed by atoms with Gasteiger partial charge in [0.2, 0.25) is 5.12 Å². The number of carbonyl (C=O) groups excluding carboxylic acids is 1. The Hall–Kier alpha value is -2.88. The average molecular weight is 381 g/mol. The van der Waals surface area contributed by atoms with Crippen LogP contribution in [-0.2, 0) is 0 Å². The van der Waals surface area contributed by atoms with Crippen molar-refractivity contribution in [3.63, 3.8) is 0 Å². The summed E-state index contributed by atoms with van der Waals surface area (Å²) < 4.78 is 39.3. The second-order valence-electron chi connectivity index (χ2n) is 4.88. The Kier molecular flexibility index (Phi) is 5.21. The number of halogens is 2. The van der Waals surface area contributed by atoms with Crippen molar-refractivity contribution < 1.29 is 27.8 Å². The summed E-state index contributed by atoms with van der Waals surface area (Å²) in [6.07, 6.45) is 1.43. The van der Waals surface area contributed by atoms with E-state index in [0.717, 1.165) is 11.8 Å². The molecule has 0 saturated heterocycles. The summed E-state index contributed by atoms with van der Waals surface area (Å²) in [7, 11) is 2.87. The standard InChI is InChI=1S/C16H13F2N3O4S/c1-23-11-5-6-19-12(13(11)24-2)14(22)26-16-20-9-4-3-8(25-15(17)18)7-10(9)21-16/h3-7,15H,1-2H3,(H,20,21). The number of pyridine rings is 1. The predicted molar refractivity (Wildman–Crippen MR) is 90.3 cm³/mol. The van der Waals surface area contributed by atoms with Gasteiger partial charge in [0.1, 0.15) is 5.75 Å². The monoisotopic (exact) mass is 381 g/mol. The van der Waals surface area contributed by atoms with Gasteiger partial charge in [0.15, 0.2) is 22.3 Å². The first-order valence-electron chi connectivity index (χ1n) is 7.25. The highest BCUT2D eigenvalue weighted by Gasteiger charge is 2.21. The number of hydrogen-bond acceptors (Lipinski definition) is 7. The van der Waals surface area contributed by atoms with Gasteiger partial charge in [0.05, 0.1) is 25.3 Å². The minimum atomic E-state index is -2.92. The summed E-state index contributed by atoms with van der Waals surface area (Å²) in [5.74, 6) is 0.594. The van der Waals surface area contributed by atoms with Gasteiger partial charge in [-0.05, 0) is 23.9 Å². The van der Waals surface area contributed by atoms with Crippen LogP contribution in [-0.4, -0.2) is 40.9 Å². The van der Waals surface area contributed by atoms with Crippen LogP contribution in [0.25, 0.3) is 11.0 Å². The van der Waals surface area contributed by atoms with Crippen LogP contribution in [0.1, 0.15) is 10.5 Å². The fraction of sp³-hybridized carbons (Fsp3) is 0.188. The molecule has 136 valence electrons. The van der Waals surface area contributed by atoms with E-state index in [4.69, 9.17) is 9.47 Å². The molecule has 0 saturated carbocycles. The Labute approximate surface area is 150 Å². The van der Waals surface area contributed by atoms with E-state index in [1.165, 1.54) is 38.6 Å². The zero-order chi connectivity index (χ0) is 18.7. The van der Waals surface area contributed by atoms with E-state index in [-0.39, 0.29) is 22.3 Å². The zero-order valence-electron chi connectivity index (χ0n) is 13.7. The molecule has 0 fully saturated rings. The number of benzene rings is 1. The van der Waals surface area contributed by atoms with Gasteiger partial charge in [0, 0.05) is 18.3 Å². The number of aromatic nitrogens is 3. The summed E-state index contributed by atoms with van der Waals surface area (Å²) >= 11 is 0.798. The molecule has 0 atom stereocenters. The maximum Gasteiger partial charge on any atom is 0.387 e. The summed E-state index contributed by atoms with van der Waals surface area (Å²) in [6, 6.07) is 5.85. The lowest BCUT2D eigenvalue weighted by molar-refractivity contribution is -0.0497. The quantitative estimate of drug-likeness (QED) is 0.654. The molecule has 0 aliphatic heterocycles. The number of fused-ring (bicyclic) bond motifs is 1. The number of rotatable bonds is 6. The molecule has 2 aromatic heterocycles. The molecule has 1 N–H and O–H groups in total. The smallest absolute Gasteiger partial charge is 0.387 e. The number of carbonyl (C=O) groups is 1. The molecule has 10 heteroatoms. The molecule has 0 radical (unpaired) electrons. The summed E-state index contributed by atoms with van der Waals surface area (Å²) in [5, 5.41) is -0.130. The van der Waals surface area contributed by atoms with E-state index >= 15 is 0 Å². The minimum Gasteiger partial charge on any atom is -0.493 e.